The molecule has 1 atom stereocenters. The van der Waals surface area contributed by atoms with Gasteiger partial charge in [0.1, 0.15) is 5.75 Å². The van der Waals surface area contributed by atoms with Crippen molar-refractivity contribution in [3.8, 4) is 5.75 Å². The van der Waals surface area contributed by atoms with E-state index in [-0.39, 0.29) is 0 Å². The van der Waals surface area contributed by atoms with Crippen molar-refractivity contribution in [2.75, 3.05) is 13.7 Å². The van der Waals surface area contributed by atoms with Gasteiger partial charge in [-0.2, -0.15) is 5.10 Å². The maximum atomic E-state index is 10.2. The Kier molecular flexibility index (Phi) is 4.76. The normalized spacial score (nSPS) is 12.4. The minimum atomic E-state index is -0.598. The van der Waals surface area contributed by atoms with Gasteiger partial charge in [0, 0.05) is 29.9 Å². The van der Waals surface area contributed by atoms with Crippen molar-refractivity contribution < 1.29 is 9.84 Å². The minimum absolute atomic E-state index is 0.463. The molecule has 1 heterocycles. The third kappa shape index (κ3) is 3.18. The number of ether oxygens (including phenoxy) is 1. The fraction of sp³-hybridized carbons (Fsp3) is 0.400. The van der Waals surface area contributed by atoms with Crippen molar-refractivity contribution in [2.45, 2.75) is 26.5 Å². The first kappa shape index (κ1) is 14.6. The number of H-pyrrole nitrogens is 1. The van der Waals surface area contributed by atoms with Crippen molar-refractivity contribution in [2.24, 2.45) is 0 Å². The van der Waals surface area contributed by atoms with Crippen molar-refractivity contribution in [3.63, 3.8) is 0 Å². The van der Waals surface area contributed by atoms with E-state index in [1.807, 2.05) is 38.1 Å². The van der Waals surface area contributed by atoms with Gasteiger partial charge in [0.05, 0.1) is 18.9 Å². The van der Waals surface area contributed by atoms with E-state index in [4.69, 9.17) is 4.74 Å². The van der Waals surface area contributed by atoms with Gasteiger partial charge in [-0.1, -0.05) is 18.2 Å². The summed E-state index contributed by atoms with van der Waals surface area (Å²) < 4.78 is 5.25. The molecule has 5 nitrogen and oxygen atoms in total. The lowest BCUT2D eigenvalue weighted by Gasteiger charge is -2.15. The number of nitrogens with one attached hydrogen (secondary N) is 2. The number of aliphatic hydroxyl groups is 1. The van der Waals surface area contributed by atoms with Crippen LogP contribution in [0.2, 0.25) is 0 Å². The SMILES string of the molecule is COc1ccccc1[C@H](O)CNCc1c(C)n[nH]c1C. The van der Waals surface area contributed by atoms with Crippen LogP contribution in [0.25, 0.3) is 0 Å². The van der Waals surface area contributed by atoms with Gasteiger partial charge in [-0.3, -0.25) is 5.10 Å². The lowest BCUT2D eigenvalue weighted by Crippen LogP contribution is -2.22. The van der Waals surface area contributed by atoms with E-state index in [1.54, 1.807) is 7.11 Å². The van der Waals surface area contributed by atoms with Crippen LogP contribution in [-0.4, -0.2) is 29.0 Å². The Bertz CT molecular complexity index is 546. The predicted octanol–water partition coefficient (Wildman–Crippen LogP) is 1.86. The third-order valence-electron chi connectivity index (χ3n) is 3.42. The van der Waals surface area contributed by atoms with E-state index >= 15 is 0 Å². The summed E-state index contributed by atoms with van der Waals surface area (Å²) in [5.41, 5.74) is 3.99. The maximum Gasteiger partial charge on any atom is 0.124 e. The molecule has 0 bridgehead atoms. The topological polar surface area (TPSA) is 70.2 Å². The summed E-state index contributed by atoms with van der Waals surface area (Å²) in [6.45, 7) is 5.11. The van der Waals surface area contributed by atoms with E-state index in [1.165, 1.54) is 0 Å². The van der Waals surface area contributed by atoms with E-state index in [0.717, 1.165) is 22.5 Å². The molecule has 1 aromatic carbocycles. The zero-order valence-corrected chi connectivity index (χ0v) is 12.1. The summed E-state index contributed by atoms with van der Waals surface area (Å²) >= 11 is 0. The van der Waals surface area contributed by atoms with Crippen LogP contribution in [0, 0.1) is 13.8 Å². The van der Waals surface area contributed by atoms with Crippen LogP contribution in [0.3, 0.4) is 0 Å². The number of hydrogen-bond acceptors (Lipinski definition) is 4. The average molecular weight is 275 g/mol. The van der Waals surface area contributed by atoms with E-state index in [9.17, 15) is 5.11 Å². The zero-order valence-electron chi connectivity index (χ0n) is 12.1. The number of aromatic nitrogens is 2. The number of hydrogen-bond donors (Lipinski definition) is 3. The number of aromatic amines is 1. The first-order valence-electron chi connectivity index (χ1n) is 6.65. The zero-order chi connectivity index (χ0) is 14.5. The molecule has 0 saturated carbocycles. The van der Waals surface area contributed by atoms with Gasteiger partial charge < -0.3 is 15.2 Å². The molecule has 0 spiro atoms. The van der Waals surface area contributed by atoms with Crippen LogP contribution >= 0.6 is 0 Å². The molecule has 0 saturated heterocycles. The molecule has 0 amide bonds. The van der Waals surface area contributed by atoms with Crippen LogP contribution < -0.4 is 10.1 Å². The smallest absolute Gasteiger partial charge is 0.124 e. The number of aryl methyl sites for hydroxylation is 2. The largest absolute Gasteiger partial charge is 0.496 e. The summed E-state index contributed by atoms with van der Waals surface area (Å²) in [4.78, 5) is 0. The molecule has 0 unspecified atom stereocenters. The second-order valence-corrected chi connectivity index (χ2v) is 4.80. The van der Waals surface area contributed by atoms with Crippen LogP contribution in [0.5, 0.6) is 5.75 Å². The Hall–Kier alpha value is -1.85. The highest BCUT2D eigenvalue weighted by Crippen LogP contribution is 2.24. The summed E-state index contributed by atoms with van der Waals surface area (Å²) in [7, 11) is 1.61. The lowest BCUT2D eigenvalue weighted by atomic mass is 10.1. The molecular formula is C15H21N3O2. The second-order valence-electron chi connectivity index (χ2n) is 4.80. The first-order valence-corrected chi connectivity index (χ1v) is 6.65. The van der Waals surface area contributed by atoms with Gasteiger partial charge in [0.15, 0.2) is 0 Å². The quantitative estimate of drug-likeness (QED) is 0.752. The highest BCUT2D eigenvalue weighted by atomic mass is 16.5. The fourth-order valence-corrected chi connectivity index (χ4v) is 2.22. The number of rotatable bonds is 6. The number of methoxy groups -OCH3 is 1. The molecule has 0 fully saturated rings. The van der Waals surface area contributed by atoms with Crippen molar-refractivity contribution in [3.05, 3.63) is 46.8 Å². The number of benzene rings is 1. The first-order chi connectivity index (χ1) is 9.63. The third-order valence-corrected chi connectivity index (χ3v) is 3.42. The molecule has 2 rings (SSSR count). The van der Waals surface area contributed by atoms with E-state index in [0.29, 0.717) is 18.8 Å². The van der Waals surface area contributed by atoms with Crippen molar-refractivity contribution in [1.29, 1.82) is 0 Å². The van der Waals surface area contributed by atoms with E-state index < -0.39 is 6.10 Å². The van der Waals surface area contributed by atoms with Crippen LogP contribution in [0.1, 0.15) is 28.6 Å². The molecular weight excluding hydrogens is 254 g/mol. The van der Waals surface area contributed by atoms with Crippen LogP contribution in [0.15, 0.2) is 24.3 Å². The standard InChI is InChI=1S/C15H21N3O2/c1-10-13(11(2)18-17-10)8-16-9-14(19)12-6-4-5-7-15(12)20-3/h4-7,14,16,19H,8-9H2,1-3H3,(H,17,18)/t14-/m1/s1. The molecule has 1 aromatic heterocycles. The van der Waals surface area contributed by atoms with Gasteiger partial charge in [0.2, 0.25) is 0 Å². The molecule has 5 heteroatoms. The molecule has 0 aliphatic heterocycles. The van der Waals surface area contributed by atoms with Crippen molar-refractivity contribution in [1.82, 2.24) is 15.5 Å². The fourth-order valence-electron chi connectivity index (χ4n) is 2.22. The maximum absolute atomic E-state index is 10.2. The Balaban J connectivity index is 1.94. The van der Waals surface area contributed by atoms with Crippen molar-refractivity contribution >= 4 is 0 Å². The van der Waals surface area contributed by atoms with Gasteiger partial charge in [0.25, 0.3) is 0 Å². The predicted molar refractivity (Wildman–Crippen MR) is 77.7 cm³/mol. The number of aliphatic hydroxyl groups excluding tert-OH is 1. The van der Waals surface area contributed by atoms with Crippen LogP contribution in [-0.2, 0) is 6.54 Å². The second kappa shape index (κ2) is 6.54. The molecule has 108 valence electrons. The minimum Gasteiger partial charge on any atom is -0.496 e. The molecule has 2 aromatic rings. The van der Waals surface area contributed by atoms with Gasteiger partial charge in [-0.15, -0.1) is 0 Å². The van der Waals surface area contributed by atoms with Gasteiger partial charge in [-0.25, -0.2) is 0 Å². The van der Waals surface area contributed by atoms with Crippen LogP contribution in [0.4, 0.5) is 0 Å². The lowest BCUT2D eigenvalue weighted by molar-refractivity contribution is 0.170. The highest BCUT2D eigenvalue weighted by molar-refractivity contribution is 5.35. The molecule has 20 heavy (non-hydrogen) atoms. The highest BCUT2D eigenvalue weighted by Gasteiger charge is 2.13. The van der Waals surface area contributed by atoms with Gasteiger partial charge in [-0.05, 0) is 19.9 Å². The van der Waals surface area contributed by atoms with Gasteiger partial charge >= 0.3 is 0 Å². The summed E-state index contributed by atoms with van der Waals surface area (Å²) in [6.07, 6.45) is -0.598. The Labute approximate surface area is 119 Å². The van der Waals surface area contributed by atoms with E-state index in [2.05, 4.69) is 15.5 Å². The Morgan fingerprint density at radius 1 is 1.35 bits per heavy atom. The number of nitrogens with zero attached hydrogens (tertiary/aromatic N) is 1. The number of para-hydroxylation sites is 1. The molecule has 0 aliphatic carbocycles. The summed E-state index contributed by atoms with van der Waals surface area (Å²) in [6, 6.07) is 7.51. The monoisotopic (exact) mass is 275 g/mol. The summed E-state index contributed by atoms with van der Waals surface area (Å²) in [5.74, 6) is 0.706. The molecule has 3 N–H and O–H groups in total. The molecule has 0 aliphatic rings. The summed E-state index contributed by atoms with van der Waals surface area (Å²) in [5, 5.41) is 20.6. The molecule has 0 radical (unpaired) electrons. The Morgan fingerprint density at radius 2 is 2.10 bits per heavy atom. The average Bonchev–Trinajstić information content (AvgIpc) is 2.78. The Morgan fingerprint density at radius 3 is 2.75 bits per heavy atom.